The van der Waals surface area contributed by atoms with Crippen molar-refractivity contribution >= 4 is 5.97 Å². The molecule has 1 unspecified atom stereocenters. The molecule has 25 heavy (non-hydrogen) atoms. The lowest BCUT2D eigenvalue weighted by molar-refractivity contribution is -0.143. The van der Waals surface area contributed by atoms with Crippen LogP contribution >= 0.6 is 0 Å². The molecule has 3 nitrogen and oxygen atoms in total. The molecule has 132 valence electrons. The number of aryl methyl sites for hydroxylation is 2. The summed E-state index contributed by atoms with van der Waals surface area (Å²) >= 11 is 0. The Morgan fingerprint density at radius 3 is 2.32 bits per heavy atom. The van der Waals surface area contributed by atoms with Crippen LogP contribution in [-0.2, 0) is 11.2 Å². The minimum absolute atomic E-state index is 0.196. The van der Waals surface area contributed by atoms with E-state index in [-0.39, 0.29) is 12.0 Å². The summed E-state index contributed by atoms with van der Waals surface area (Å²) in [6, 6.07) is 17.6. The van der Waals surface area contributed by atoms with Gasteiger partial charge in [0.1, 0.15) is 0 Å². The Kier molecular flexibility index (Phi) is 5.54. The van der Waals surface area contributed by atoms with Crippen LogP contribution in [-0.4, -0.2) is 29.1 Å². The number of carboxylic acids is 1. The third kappa shape index (κ3) is 3.93. The fourth-order valence-corrected chi connectivity index (χ4v) is 3.82. The van der Waals surface area contributed by atoms with E-state index in [0.717, 1.165) is 32.4 Å². The van der Waals surface area contributed by atoms with Gasteiger partial charge in [0.25, 0.3) is 0 Å². The number of carbonyl (C=O) groups is 1. The zero-order valence-electron chi connectivity index (χ0n) is 15.1. The van der Waals surface area contributed by atoms with Crippen LogP contribution in [0.25, 0.3) is 0 Å². The van der Waals surface area contributed by atoms with Crippen molar-refractivity contribution in [3.8, 4) is 0 Å². The van der Waals surface area contributed by atoms with Crippen molar-refractivity contribution in [2.75, 3.05) is 13.1 Å². The second-order valence-electron chi connectivity index (χ2n) is 7.00. The van der Waals surface area contributed by atoms with E-state index in [2.05, 4.69) is 67.3 Å². The first-order valence-electron chi connectivity index (χ1n) is 9.21. The Hall–Kier alpha value is -2.13. The number of aliphatic carboxylic acids is 1. The van der Waals surface area contributed by atoms with Gasteiger partial charge in [0.05, 0.1) is 12.0 Å². The van der Waals surface area contributed by atoms with E-state index in [1.807, 2.05) is 0 Å². The number of nitrogens with zero attached hydrogens (tertiary/aromatic N) is 1. The van der Waals surface area contributed by atoms with Crippen LogP contribution in [0.1, 0.15) is 48.1 Å². The van der Waals surface area contributed by atoms with Crippen molar-refractivity contribution in [2.24, 2.45) is 5.92 Å². The van der Waals surface area contributed by atoms with Crippen LogP contribution in [0.3, 0.4) is 0 Å². The summed E-state index contributed by atoms with van der Waals surface area (Å²) in [4.78, 5) is 13.7. The van der Waals surface area contributed by atoms with Gasteiger partial charge >= 0.3 is 5.97 Å². The van der Waals surface area contributed by atoms with Crippen LogP contribution < -0.4 is 0 Å². The Labute approximate surface area is 150 Å². The predicted octanol–water partition coefficient (Wildman–Crippen LogP) is 4.44. The minimum Gasteiger partial charge on any atom is -0.481 e. The molecule has 0 saturated carbocycles. The first kappa shape index (κ1) is 17.7. The highest BCUT2D eigenvalue weighted by Gasteiger charge is 2.30. The van der Waals surface area contributed by atoms with Crippen LogP contribution in [0, 0.1) is 12.8 Å². The molecule has 0 aliphatic carbocycles. The normalized spacial score (nSPS) is 17.4. The molecule has 1 fully saturated rings. The highest BCUT2D eigenvalue weighted by molar-refractivity contribution is 5.70. The summed E-state index contributed by atoms with van der Waals surface area (Å²) < 4.78 is 0. The fourth-order valence-electron chi connectivity index (χ4n) is 3.82. The smallest absolute Gasteiger partial charge is 0.306 e. The largest absolute Gasteiger partial charge is 0.481 e. The van der Waals surface area contributed by atoms with Gasteiger partial charge in [-0.1, -0.05) is 55.5 Å². The molecule has 0 radical (unpaired) electrons. The molecule has 1 N–H and O–H groups in total. The van der Waals surface area contributed by atoms with Gasteiger partial charge in [-0.2, -0.15) is 0 Å². The molecule has 0 amide bonds. The molecule has 3 heteroatoms. The average Bonchev–Trinajstić information content (AvgIpc) is 2.64. The monoisotopic (exact) mass is 337 g/mol. The highest BCUT2D eigenvalue weighted by Crippen LogP contribution is 2.34. The summed E-state index contributed by atoms with van der Waals surface area (Å²) in [6.07, 6.45) is 2.49. The van der Waals surface area contributed by atoms with Crippen molar-refractivity contribution in [3.63, 3.8) is 0 Å². The molecule has 1 aliphatic rings. The van der Waals surface area contributed by atoms with E-state index < -0.39 is 5.97 Å². The molecular weight excluding hydrogens is 310 g/mol. The Balaban J connectivity index is 1.92. The zero-order valence-corrected chi connectivity index (χ0v) is 15.1. The lowest BCUT2D eigenvalue weighted by atomic mass is 9.89. The molecule has 0 aromatic heterocycles. The Morgan fingerprint density at radius 1 is 1.12 bits per heavy atom. The van der Waals surface area contributed by atoms with Crippen molar-refractivity contribution in [3.05, 3.63) is 70.8 Å². The van der Waals surface area contributed by atoms with Crippen molar-refractivity contribution in [2.45, 2.75) is 39.2 Å². The van der Waals surface area contributed by atoms with Crippen molar-refractivity contribution in [1.82, 2.24) is 4.90 Å². The van der Waals surface area contributed by atoms with Gasteiger partial charge in [0.15, 0.2) is 0 Å². The van der Waals surface area contributed by atoms with E-state index in [9.17, 15) is 9.90 Å². The zero-order chi connectivity index (χ0) is 17.8. The quantitative estimate of drug-likeness (QED) is 0.876. The van der Waals surface area contributed by atoms with Gasteiger partial charge in [0, 0.05) is 0 Å². The van der Waals surface area contributed by atoms with Crippen molar-refractivity contribution in [1.29, 1.82) is 0 Å². The lowest BCUT2D eigenvalue weighted by Gasteiger charge is -2.37. The van der Waals surface area contributed by atoms with Gasteiger partial charge in [-0.15, -0.1) is 0 Å². The molecule has 1 heterocycles. The first-order valence-corrected chi connectivity index (χ1v) is 9.21. The number of carboxylic acid groups (broad SMARTS) is 1. The van der Waals surface area contributed by atoms with E-state index in [1.54, 1.807) is 0 Å². The van der Waals surface area contributed by atoms with Crippen LogP contribution in [0.2, 0.25) is 0 Å². The second-order valence-corrected chi connectivity index (χ2v) is 7.00. The van der Waals surface area contributed by atoms with Crippen molar-refractivity contribution < 1.29 is 9.90 Å². The van der Waals surface area contributed by atoms with E-state index in [0.29, 0.717) is 0 Å². The molecule has 1 saturated heterocycles. The number of hydrogen-bond acceptors (Lipinski definition) is 2. The molecular formula is C22H27NO2. The summed E-state index contributed by atoms with van der Waals surface area (Å²) in [5.74, 6) is -0.851. The summed E-state index contributed by atoms with van der Waals surface area (Å²) in [7, 11) is 0. The Morgan fingerprint density at radius 2 is 1.76 bits per heavy atom. The number of hydrogen-bond donors (Lipinski definition) is 1. The molecule has 2 aromatic rings. The summed E-state index contributed by atoms with van der Waals surface area (Å²) in [5, 5.41) is 9.28. The van der Waals surface area contributed by atoms with E-state index in [1.165, 1.54) is 22.3 Å². The molecule has 1 aliphatic heterocycles. The standard InChI is InChI=1S/C22H27NO2/c1-3-17-8-10-18(11-9-17)21(20-7-5-4-6-16(20)2)23-14-12-19(13-15-23)22(24)25/h4-11,19,21H,3,12-15H2,1-2H3,(H,24,25). The number of piperidine rings is 1. The van der Waals surface area contributed by atoms with Gasteiger partial charge in [0.2, 0.25) is 0 Å². The second kappa shape index (κ2) is 7.83. The van der Waals surface area contributed by atoms with Gasteiger partial charge in [-0.05, 0) is 61.5 Å². The lowest BCUT2D eigenvalue weighted by Crippen LogP contribution is -2.39. The third-order valence-electron chi connectivity index (χ3n) is 5.43. The molecule has 2 aromatic carbocycles. The maximum absolute atomic E-state index is 11.3. The van der Waals surface area contributed by atoms with Gasteiger partial charge in [-0.3, -0.25) is 9.69 Å². The fraction of sp³-hybridized carbons (Fsp3) is 0.409. The minimum atomic E-state index is -0.653. The summed E-state index contributed by atoms with van der Waals surface area (Å²) in [5.41, 5.74) is 5.24. The maximum Gasteiger partial charge on any atom is 0.306 e. The number of rotatable bonds is 5. The first-order chi connectivity index (χ1) is 12.1. The maximum atomic E-state index is 11.3. The van der Waals surface area contributed by atoms with E-state index in [4.69, 9.17) is 0 Å². The van der Waals surface area contributed by atoms with E-state index >= 15 is 0 Å². The third-order valence-corrected chi connectivity index (χ3v) is 5.43. The molecule has 1 atom stereocenters. The number of benzene rings is 2. The average molecular weight is 337 g/mol. The summed E-state index contributed by atoms with van der Waals surface area (Å²) in [6.45, 7) is 5.98. The highest BCUT2D eigenvalue weighted by atomic mass is 16.4. The van der Waals surface area contributed by atoms with Gasteiger partial charge < -0.3 is 5.11 Å². The SMILES string of the molecule is CCc1ccc(C(c2ccccc2C)N2CCC(C(=O)O)CC2)cc1. The van der Waals surface area contributed by atoms with Crippen LogP contribution in [0.5, 0.6) is 0 Å². The van der Waals surface area contributed by atoms with Crippen LogP contribution in [0.4, 0.5) is 0 Å². The molecule has 0 bridgehead atoms. The topological polar surface area (TPSA) is 40.5 Å². The molecule has 3 rings (SSSR count). The van der Waals surface area contributed by atoms with Gasteiger partial charge in [-0.25, -0.2) is 0 Å². The van der Waals surface area contributed by atoms with Crippen LogP contribution in [0.15, 0.2) is 48.5 Å². The Bertz CT molecular complexity index is 715. The predicted molar refractivity (Wildman–Crippen MR) is 101 cm³/mol. The molecule has 0 spiro atoms. The number of likely N-dealkylation sites (tertiary alicyclic amines) is 1.